The summed E-state index contributed by atoms with van der Waals surface area (Å²) in [6.07, 6.45) is 5.57. The van der Waals surface area contributed by atoms with E-state index in [2.05, 4.69) is 20.2 Å². The summed E-state index contributed by atoms with van der Waals surface area (Å²) in [5, 5.41) is 3.29. The molecular formula is C16H19FN4. The van der Waals surface area contributed by atoms with E-state index in [1.807, 2.05) is 18.2 Å². The van der Waals surface area contributed by atoms with Crippen LogP contribution in [0.5, 0.6) is 0 Å². The zero-order valence-corrected chi connectivity index (χ0v) is 11.9. The summed E-state index contributed by atoms with van der Waals surface area (Å²) in [4.78, 5) is 10.4. The number of likely N-dealkylation sites (tertiary alicyclic amines) is 1. The molecule has 0 saturated carbocycles. The molecular weight excluding hydrogens is 267 g/mol. The van der Waals surface area contributed by atoms with Crippen LogP contribution < -0.4 is 5.32 Å². The summed E-state index contributed by atoms with van der Waals surface area (Å²) in [7, 11) is 0. The van der Waals surface area contributed by atoms with Crippen molar-refractivity contribution < 1.29 is 4.39 Å². The molecule has 1 aromatic carbocycles. The van der Waals surface area contributed by atoms with Crippen molar-refractivity contribution in [2.24, 2.45) is 0 Å². The van der Waals surface area contributed by atoms with Crippen LogP contribution in [0.25, 0.3) is 0 Å². The van der Waals surface area contributed by atoms with Gasteiger partial charge in [0, 0.05) is 18.3 Å². The van der Waals surface area contributed by atoms with Crippen LogP contribution in [-0.4, -0.2) is 34.5 Å². The maximum atomic E-state index is 14.1. The molecule has 2 heterocycles. The van der Waals surface area contributed by atoms with Crippen molar-refractivity contribution in [2.45, 2.75) is 18.9 Å². The molecule has 0 bridgehead atoms. The molecule has 0 spiro atoms. The van der Waals surface area contributed by atoms with Crippen LogP contribution in [0.4, 0.5) is 10.2 Å². The van der Waals surface area contributed by atoms with Crippen LogP contribution in [0, 0.1) is 5.82 Å². The first-order chi connectivity index (χ1) is 10.3. The highest BCUT2D eigenvalue weighted by atomic mass is 19.1. The molecule has 1 aromatic heterocycles. The van der Waals surface area contributed by atoms with Crippen molar-refractivity contribution in [1.82, 2.24) is 14.9 Å². The minimum atomic E-state index is -0.140. The van der Waals surface area contributed by atoms with Gasteiger partial charge in [-0.25, -0.2) is 14.4 Å². The SMILES string of the molecule is Fc1ccccc1C(CNc1ccncn1)N1CCCC1. The first-order valence-electron chi connectivity index (χ1n) is 7.33. The van der Waals surface area contributed by atoms with Gasteiger partial charge in [-0.1, -0.05) is 18.2 Å². The maximum Gasteiger partial charge on any atom is 0.129 e. The quantitative estimate of drug-likeness (QED) is 0.917. The van der Waals surface area contributed by atoms with E-state index in [0.29, 0.717) is 6.54 Å². The van der Waals surface area contributed by atoms with Crippen LogP contribution in [0.15, 0.2) is 42.9 Å². The number of hydrogen-bond donors (Lipinski definition) is 1. The summed E-state index contributed by atoms with van der Waals surface area (Å²) in [6, 6.07) is 8.89. The fourth-order valence-electron chi connectivity index (χ4n) is 2.83. The van der Waals surface area contributed by atoms with Gasteiger partial charge in [0.1, 0.15) is 18.0 Å². The van der Waals surface area contributed by atoms with E-state index in [0.717, 1.165) is 24.5 Å². The second-order valence-corrected chi connectivity index (χ2v) is 5.26. The Hall–Kier alpha value is -2.01. The lowest BCUT2D eigenvalue weighted by Gasteiger charge is -2.28. The monoisotopic (exact) mass is 286 g/mol. The van der Waals surface area contributed by atoms with Gasteiger partial charge in [-0.05, 0) is 38.1 Å². The zero-order chi connectivity index (χ0) is 14.5. The zero-order valence-electron chi connectivity index (χ0n) is 11.9. The average Bonchev–Trinajstić information content (AvgIpc) is 3.04. The highest BCUT2D eigenvalue weighted by molar-refractivity contribution is 5.33. The van der Waals surface area contributed by atoms with Gasteiger partial charge >= 0.3 is 0 Å². The molecule has 5 heteroatoms. The van der Waals surface area contributed by atoms with Gasteiger partial charge in [0.25, 0.3) is 0 Å². The molecule has 0 aliphatic carbocycles. The van der Waals surface area contributed by atoms with Crippen molar-refractivity contribution in [2.75, 3.05) is 25.0 Å². The molecule has 1 fully saturated rings. The second-order valence-electron chi connectivity index (χ2n) is 5.26. The predicted molar refractivity (Wildman–Crippen MR) is 80.5 cm³/mol. The number of nitrogens with zero attached hydrogens (tertiary/aromatic N) is 3. The molecule has 1 unspecified atom stereocenters. The van der Waals surface area contributed by atoms with Crippen LogP contribution in [0.3, 0.4) is 0 Å². The van der Waals surface area contributed by atoms with Gasteiger partial charge in [0.05, 0.1) is 6.04 Å². The third-order valence-corrected chi connectivity index (χ3v) is 3.90. The van der Waals surface area contributed by atoms with Gasteiger partial charge in [-0.3, -0.25) is 4.90 Å². The summed E-state index contributed by atoms with van der Waals surface area (Å²) in [6.45, 7) is 2.67. The number of halogens is 1. The Morgan fingerprint density at radius 1 is 1.19 bits per heavy atom. The summed E-state index contributed by atoms with van der Waals surface area (Å²) < 4.78 is 14.1. The molecule has 1 saturated heterocycles. The van der Waals surface area contributed by atoms with E-state index >= 15 is 0 Å². The number of benzene rings is 1. The van der Waals surface area contributed by atoms with E-state index in [9.17, 15) is 4.39 Å². The van der Waals surface area contributed by atoms with Crippen LogP contribution in [0.1, 0.15) is 24.4 Å². The maximum absolute atomic E-state index is 14.1. The minimum absolute atomic E-state index is 0.0312. The largest absolute Gasteiger partial charge is 0.368 e. The Kier molecular flexibility index (Phi) is 4.40. The number of anilines is 1. The normalized spacial score (nSPS) is 16.8. The average molecular weight is 286 g/mol. The van der Waals surface area contributed by atoms with Gasteiger partial charge in [0.2, 0.25) is 0 Å². The lowest BCUT2D eigenvalue weighted by atomic mass is 10.0. The van der Waals surface area contributed by atoms with E-state index in [1.54, 1.807) is 12.3 Å². The Morgan fingerprint density at radius 2 is 2.00 bits per heavy atom. The number of rotatable bonds is 5. The highest BCUT2D eigenvalue weighted by Gasteiger charge is 2.25. The molecule has 1 aliphatic heterocycles. The predicted octanol–water partition coefficient (Wildman–Crippen LogP) is 2.86. The summed E-state index contributed by atoms with van der Waals surface area (Å²) in [5.74, 6) is 0.629. The fourth-order valence-corrected chi connectivity index (χ4v) is 2.83. The topological polar surface area (TPSA) is 41.1 Å². The molecule has 4 nitrogen and oxygen atoms in total. The van der Waals surface area contributed by atoms with E-state index < -0.39 is 0 Å². The third-order valence-electron chi connectivity index (χ3n) is 3.90. The van der Waals surface area contributed by atoms with Crippen molar-refractivity contribution in [3.63, 3.8) is 0 Å². The molecule has 21 heavy (non-hydrogen) atoms. The first kappa shape index (κ1) is 13.9. The lowest BCUT2D eigenvalue weighted by Crippen LogP contribution is -2.31. The molecule has 2 aromatic rings. The number of aromatic nitrogens is 2. The van der Waals surface area contributed by atoms with Crippen LogP contribution >= 0.6 is 0 Å². The van der Waals surface area contributed by atoms with E-state index in [1.165, 1.54) is 25.2 Å². The van der Waals surface area contributed by atoms with Gasteiger partial charge in [-0.15, -0.1) is 0 Å². The van der Waals surface area contributed by atoms with E-state index in [-0.39, 0.29) is 11.9 Å². The van der Waals surface area contributed by atoms with Crippen LogP contribution in [-0.2, 0) is 0 Å². The Morgan fingerprint density at radius 3 is 2.71 bits per heavy atom. The summed E-state index contributed by atoms with van der Waals surface area (Å²) >= 11 is 0. The molecule has 3 rings (SSSR count). The number of nitrogens with one attached hydrogen (secondary N) is 1. The first-order valence-corrected chi connectivity index (χ1v) is 7.33. The van der Waals surface area contributed by atoms with Crippen molar-refractivity contribution in [3.05, 3.63) is 54.2 Å². The molecule has 1 aliphatic rings. The van der Waals surface area contributed by atoms with Crippen LogP contribution in [0.2, 0.25) is 0 Å². The Bertz CT molecular complexity index is 569. The standard InChI is InChI=1S/C16H19FN4/c17-14-6-2-1-5-13(14)15(21-9-3-4-10-21)11-19-16-7-8-18-12-20-16/h1-2,5-8,12,15H,3-4,9-11H2,(H,18,19,20). The lowest BCUT2D eigenvalue weighted by molar-refractivity contribution is 0.250. The second kappa shape index (κ2) is 6.63. The number of hydrogen-bond acceptors (Lipinski definition) is 4. The van der Waals surface area contributed by atoms with Crippen molar-refractivity contribution in [3.8, 4) is 0 Å². The fraction of sp³-hybridized carbons (Fsp3) is 0.375. The minimum Gasteiger partial charge on any atom is -0.368 e. The van der Waals surface area contributed by atoms with E-state index in [4.69, 9.17) is 0 Å². The smallest absolute Gasteiger partial charge is 0.129 e. The van der Waals surface area contributed by atoms with Gasteiger partial charge in [0.15, 0.2) is 0 Å². The van der Waals surface area contributed by atoms with Gasteiger partial charge in [-0.2, -0.15) is 0 Å². The highest BCUT2D eigenvalue weighted by Crippen LogP contribution is 2.27. The van der Waals surface area contributed by atoms with Crippen molar-refractivity contribution in [1.29, 1.82) is 0 Å². The molecule has 1 N–H and O–H groups in total. The Labute approximate surface area is 124 Å². The van der Waals surface area contributed by atoms with Gasteiger partial charge < -0.3 is 5.32 Å². The molecule has 0 amide bonds. The molecule has 1 atom stereocenters. The Balaban J connectivity index is 1.78. The molecule has 0 radical (unpaired) electrons. The third kappa shape index (κ3) is 3.36. The van der Waals surface area contributed by atoms with Crippen molar-refractivity contribution >= 4 is 5.82 Å². The molecule has 110 valence electrons. The summed E-state index contributed by atoms with van der Waals surface area (Å²) in [5.41, 5.74) is 0.751.